The summed E-state index contributed by atoms with van der Waals surface area (Å²) in [6.07, 6.45) is 0.469. The predicted molar refractivity (Wildman–Crippen MR) is 50.3 cm³/mol. The normalized spacial score (nSPS) is 6.67. The van der Waals surface area contributed by atoms with Crippen LogP contribution in [0.25, 0.3) is 0 Å². The summed E-state index contributed by atoms with van der Waals surface area (Å²) >= 11 is 4.74. The van der Waals surface area contributed by atoms with Gasteiger partial charge < -0.3 is 4.74 Å². The molecule has 0 heterocycles. The van der Waals surface area contributed by atoms with E-state index in [0.717, 1.165) is 0 Å². The first kappa shape index (κ1) is 13.1. The third-order valence-corrected chi connectivity index (χ3v) is 0.516. The van der Waals surface area contributed by atoms with Crippen LogP contribution in [0.2, 0.25) is 0 Å². The Labute approximate surface area is 84.3 Å². The number of carbonyl (C=O) groups excluding carboxylic acids is 1. The Morgan fingerprint density at radius 3 is 2.00 bits per heavy atom. The number of esters is 1. The van der Waals surface area contributed by atoms with Gasteiger partial charge in [-0.15, -0.1) is 0 Å². The molecule has 5 heteroatoms. The van der Waals surface area contributed by atoms with Gasteiger partial charge in [-0.1, -0.05) is 6.92 Å². The monoisotopic (exact) mass is 393 g/mol. The molecule has 0 aliphatic carbocycles. The molecule has 2 nitrogen and oxygen atoms in total. The zero-order valence-corrected chi connectivity index (χ0v) is 10.9. The molecule has 0 atom stereocenters. The number of hydrogen-bond acceptors (Lipinski definition) is 2. The second kappa shape index (κ2) is 12.2. The molecule has 0 aliphatic rings. The van der Waals surface area contributed by atoms with Gasteiger partial charge in [0, 0.05) is 6.42 Å². The molecule has 0 spiro atoms. The SMILES string of the molecule is CCC(=O)OC.[I][V][I]. The zero-order chi connectivity index (χ0) is 7.70. The van der Waals surface area contributed by atoms with Gasteiger partial charge in [0.1, 0.15) is 0 Å². The Hall–Kier alpha value is 1.51. The second-order valence-corrected chi connectivity index (χ2v) is 12.8. The molecule has 0 aliphatic heterocycles. The summed E-state index contributed by atoms with van der Waals surface area (Å²) < 4.78 is 4.26. The molecule has 0 aromatic rings. The van der Waals surface area contributed by atoms with Gasteiger partial charge >= 0.3 is 55.4 Å². The van der Waals surface area contributed by atoms with Crippen molar-refractivity contribution in [2.24, 2.45) is 0 Å². The van der Waals surface area contributed by atoms with E-state index in [1.54, 1.807) is 6.92 Å². The van der Waals surface area contributed by atoms with Crippen LogP contribution >= 0.6 is 40.0 Å². The van der Waals surface area contributed by atoms with Crippen LogP contribution in [-0.4, -0.2) is 13.1 Å². The minimum atomic E-state index is -0.157. The fourth-order valence-electron chi connectivity index (χ4n) is 0.144. The summed E-state index contributed by atoms with van der Waals surface area (Å²) in [7, 11) is 2.01. The van der Waals surface area contributed by atoms with Crippen LogP contribution in [0.3, 0.4) is 0 Å². The van der Waals surface area contributed by atoms with Gasteiger partial charge in [-0.05, 0) is 0 Å². The van der Waals surface area contributed by atoms with Gasteiger partial charge in [0.2, 0.25) is 0 Å². The van der Waals surface area contributed by atoms with Crippen molar-refractivity contribution >= 4 is 45.9 Å². The molecular formula is C4H8I2O2V. The molecular weight excluding hydrogens is 385 g/mol. The summed E-state index contributed by atoms with van der Waals surface area (Å²) in [5.41, 5.74) is 0. The molecule has 55 valence electrons. The van der Waals surface area contributed by atoms with Crippen molar-refractivity contribution in [3.05, 3.63) is 0 Å². The van der Waals surface area contributed by atoms with Gasteiger partial charge in [-0.3, -0.25) is 4.79 Å². The standard InChI is InChI=1S/C4H8O2.2HI.V/c1-3-4(5)6-2;;;/h3H2,1-2H3;2*1H;/q;;;+2/p-2. The van der Waals surface area contributed by atoms with Crippen LogP contribution in [0, 0.1) is 0 Å². The van der Waals surface area contributed by atoms with E-state index >= 15 is 0 Å². The van der Waals surface area contributed by atoms with Crippen molar-refractivity contribution in [2.75, 3.05) is 7.11 Å². The van der Waals surface area contributed by atoms with Crippen molar-refractivity contribution < 1.29 is 19.0 Å². The molecule has 0 saturated carbocycles. The van der Waals surface area contributed by atoms with E-state index in [0.29, 0.717) is 15.9 Å². The maximum atomic E-state index is 9.96. The zero-order valence-electron chi connectivity index (χ0n) is 5.23. The summed E-state index contributed by atoms with van der Waals surface area (Å²) in [5.74, 6) is -0.157. The van der Waals surface area contributed by atoms with E-state index in [-0.39, 0.29) is 5.97 Å². The van der Waals surface area contributed by atoms with Crippen LogP contribution in [-0.2, 0) is 19.0 Å². The van der Waals surface area contributed by atoms with Crippen LogP contribution < -0.4 is 0 Å². The Balaban J connectivity index is 0. The van der Waals surface area contributed by atoms with Crippen LogP contribution in [0.5, 0.6) is 0 Å². The molecule has 0 saturated heterocycles. The van der Waals surface area contributed by atoms with Gasteiger partial charge in [0.05, 0.1) is 7.11 Å². The van der Waals surface area contributed by atoms with Gasteiger partial charge in [0.15, 0.2) is 0 Å². The second-order valence-electron chi connectivity index (χ2n) is 0.994. The van der Waals surface area contributed by atoms with Crippen molar-refractivity contribution in [1.29, 1.82) is 0 Å². The number of carbonyl (C=O) groups is 1. The predicted octanol–water partition coefficient (Wildman–Crippen LogP) is 2.34. The van der Waals surface area contributed by atoms with Crippen LogP contribution in [0.1, 0.15) is 13.3 Å². The Morgan fingerprint density at radius 1 is 1.67 bits per heavy atom. The van der Waals surface area contributed by atoms with E-state index < -0.39 is 0 Å². The molecule has 0 fully saturated rings. The molecule has 0 radical (unpaired) electrons. The number of rotatable bonds is 1. The molecule has 0 N–H and O–H groups in total. The first-order valence-electron chi connectivity index (χ1n) is 2.22. The third kappa shape index (κ3) is 17.7. The van der Waals surface area contributed by atoms with Crippen LogP contribution in [0.15, 0.2) is 0 Å². The summed E-state index contributed by atoms with van der Waals surface area (Å²) in [4.78, 5) is 9.96. The molecule has 0 rings (SSSR count). The Bertz CT molecular complexity index is 63.6. The fraction of sp³-hybridized carbons (Fsp3) is 0.750. The first-order valence-corrected chi connectivity index (χ1v) is 11.2. The van der Waals surface area contributed by atoms with E-state index in [2.05, 4.69) is 44.7 Å². The molecule has 0 amide bonds. The summed E-state index contributed by atoms with van der Waals surface area (Å²) in [6, 6.07) is 0. The molecule has 0 aromatic carbocycles. The number of hydrogen-bond donors (Lipinski definition) is 0. The fourth-order valence-corrected chi connectivity index (χ4v) is 0.144. The number of methoxy groups -OCH3 is 1. The molecule has 0 aromatic heterocycles. The van der Waals surface area contributed by atoms with Crippen molar-refractivity contribution in [3.8, 4) is 0 Å². The van der Waals surface area contributed by atoms with Gasteiger partial charge in [-0.25, -0.2) is 0 Å². The Kier molecular flexibility index (Phi) is 17.8. The van der Waals surface area contributed by atoms with Crippen molar-refractivity contribution in [3.63, 3.8) is 0 Å². The van der Waals surface area contributed by atoms with E-state index in [9.17, 15) is 4.79 Å². The average molecular weight is 393 g/mol. The van der Waals surface area contributed by atoms with Gasteiger partial charge in [0.25, 0.3) is 0 Å². The number of ether oxygens (including phenoxy) is 1. The summed E-state index contributed by atoms with van der Waals surface area (Å²) in [5, 5.41) is 0. The topological polar surface area (TPSA) is 26.3 Å². The minimum absolute atomic E-state index is 0.157. The van der Waals surface area contributed by atoms with Crippen molar-refractivity contribution in [1.82, 2.24) is 0 Å². The third-order valence-electron chi connectivity index (χ3n) is 0.516. The Morgan fingerprint density at radius 2 is 2.00 bits per heavy atom. The quantitative estimate of drug-likeness (QED) is 0.506. The molecule has 0 unspecified atom stereocenters. The first-order chi connectivity index (χ1) is 4.22. The van der Waals surface area contributed by atoms with E-state index in [1.165, 1.54) is 7.11 Å². The molecule has 0 bridgehead atoms. The maximum absolute atomic E-state index is 9.96. The number of halogens is 2. The van der Waals surface area contributed by atoms with E-state index in [1.807, 2.05) is 0 Å². The van der Waals surface area contributed by atoms with Crippen LogP contribution in [0.4, 0.5) is 0 Å². The molecule has 9 heavy (non-hydrogen) atoms. The van der Waals surface area contributed by atoms with E-state index in [4.69, 9.17) is 0 Å². The van der Waals surface area contributed by atoms with Gasteiger partial charge in [-0.2, -0.15) is 0 Å². The summed E-state index contributed by atoms with van der Waals surface area (Å²) in [6.45, 7) is 1.76. The average Bonchev–Trinajstić information content (AvgIpc) is 1.88. The van der Waals surface area contributed by atoms with Crippen molar-refractivity contribution in [2.45, 2.75) is 13.3 Å².